The first-order chi connectivity index (χ1) is 6.50. The maximum atomic E-state index is 11.6. The van der Waals surface area contributed by atoms with Crippen molar-refractivity contribution in [3.05, 3.63) is 18.0 Å². The summed E-state index contributed by atoms with van der Waals surface area (Å²) in [5.41, 5.74) is 6.58. The number of nitrogens with one attached hydrogen (secondary N) is 2. The second-order valence-electron chi connectivity index (χ2n) is 3.85. The van der Waals surface area contributed by atoms with Crippen molar-refractivity contribution in [3.63, 3.8) is 0 Å². The van der Waals surface area contributed by atoms with Gasteiger partial charge in [-0.2, -0.15) is 0 Å². The number of hydrogen-bond donors (Lipinski definition) is 3. The van der Waals surface area contributed by atoms with Gasteiger partial charge < -0.3 is 16.0 Å². The number of anilines is 1. The average molecular weight is 195 g/mol. The first-order valence-corrected chi connectivity index (χ1v) is 4.75. The Kier molecular flexibility index (Phi) is 3.17. The van der Waals surface area contributed by atoms with Crippen LogP contribution >= 0.6 is 0 Å². The highest BCUT2D eigenvalue weighted by Crippen LogP contribution is 2.06. The lowest BCUT2D eigenvalue weighted by molar-refractivity contribution is 0.0926. The smallest absolute Gasteiger partial charge is 0.267 e. The molecule has 1 amide bonds. The summed E-state index contributed by atoms with van der Waals surface area (Å²) in [6, 6.07) is 1.79. The monoisotopic (exact) mass is 195 g/mol. The van der Waals surface area contributed by atoms with E-state index in [9.17, 15) is 4.79 Å². The zero-order valence-corrected chi connectivity index (χ0v) is 8.79. The van der Waals surface area contributed by atoms with E-state index in [4.69, 9.17) is 5.73 Å². The Morgan fingerprint density at radius 3 is 2.57 bits per heavy atom. The number of nitrogens with two attached hydrogens (primary N) is 1. The van der Waals surface area contributed by atoms with Crippen LogP contribution in [0, 0.1) is 5.92 Å². The molecule has 0 aromatic carbocycles. The first kappa shape index (κ1) is 10.6. The average Bonchev–Trinajstić information content (AvgIpc) is 2.51. The molecule has 1 aromatic rings. The molecule has 1 aromatic heterocycles. The van der Waals surface area contributed by atoms with Gasteiger partial charge in [-0.05, 0) is 18.9 Å². The van der Waals surface area contributed by atoms with Gasteiger partial charge in [-0.25, -0.2) is 0 Å². The van der Waals surface area contributed by atoms with E-state index < -0.39 is 0 Å². The molecule has 0 aliphatic rings. The van der Waals surface area contributed by atoms with Crippen LogP contribution in [0.4, 0.5) is 5.69 Å². The zero-order chi connectivity index (χ0) is 10.7. The van der Waals surface area contributed by atoms with Crippen molar-refractivity contribution in [1.82, 2.24) is 10.3 Å². The summed E-state index contributed by atoms with van der Waals surface area (Å²) in [5, 5.41) is 2.88. The number of carbonyl (C=O) groups is 1. The van der Waals surface area contributed by atoms with E-state index in [0.29, 0.717) is 17.3 Å². The molecule has 0 radical (unpaired) electrons. The summed E-state index contributed by atoms with van der Waals surface area (Å²) in [5.74, 6) is 0.314. The summed E-state index contributed by atoms with van der Waals surface area (Å²) in [6.45, 7) is 6.11. The molecule has 78 valence electrons. The minimum atomic E-state index is -0.108. The lowest BCUT2D eigenvalue weighted by Crippen LogP contribution is -2.36. The van der Waals surface area contributed by atoms with Gasteiger partial charge in [-0.3, -0.25) is 4.79 Å². The molecule has 4 N–H and O–H groups in total. The molecule has 14 heavy (non-hydrogen) atoms. The van der Waals surface area contributed by atoms with Gasteiger partial charge in [0.25, 0.3) is 5.91 Å². The second-order valence-corrected chi connectivity index (χ2v) is 3.85. The minimum absolute atomic E-state index is 0.108. The third kappa shape index (κ3) is 2.52. The Bertz CT molecular complexity index is 317. The third-order valence-electron chi connectivity index (χ3n) is 2.31. The Labute approximate surface area is 83.9 Å². The highest BCUT2D eigenvalue weighted by molar-refractivity contribution is 5.93. The number of hydrogen-bond acceptors (Lipinski definition) is 2. The van der Waals surface area contributed by atoms with Crippen molar-refractivity contribution in [3.8, 4) is 0 Å². The van der Waals surface area contributed by atoms with Crippen molar-refractivity contribution in [2.45, 2.75) is 26.8 Å². The van der Waals surface area contributed by atoms with Crippen LogP contribution in [0.5, 0.6) is 0 Å². The van der Waals surface area contributed by atoms with E-state index in [0.717, 1.165) is 0 Å². The largest absolute Gasteiger partial charge is 0.397 e. The molecule has 0 aliphatic heterocycles. The van der Waals surface area contributed by atoms with E-state index in [1.807, 2.05) is 6.92 Å². The molecule has 4 heteroatoms. The van der Waals surface area contributed by atoms with E-state index in [-0.39, 0.29) is 11.9 Å². The molecule has 1 atom stereocenters. The second kappa shape index (κ2) is 4.17. The third-order valence-corrected chi connectivity index (χ3v) is 2.31. The normalized spacial score (nSPS) is 12.9. The van der Waals surface area contributed by atoms with Crippen molar-refractivity contribution in [2.24, 2.45) is 5.92 Å². The Morgan fingerprint density at radius 1 is 1.50 bits per heavy atom. The predicted octanol–water partition coefficient (Wildman–Crippen LogP) is 1.37. The number of amides is 1. The summed E-state index contributed by atoms with van der Waals surface area (Å²) in [4.78, 5) is 14.4. The van der Waals surface area contributed by atoms with Gasteiger partial charge in [0, 0.05) is 17.9 Å². The standard InChI is InChI=1S/C10H17N3O/c1-6(2)7(3)13-10(14)9-4-8(11)5-12-9/h4-7,12H,11H2,1-3H3,(H,13,14). The molecular formula is C10H17N3O. The van der Waals surface area contributed by atoms with Gasteiger partial charge in [0.1, 0.15) is 5.69 Å². The highest BCUT2D eigenvalue weighted by Gasteiger charge is 2.13. The minimum Gasteiger partial charge on any atom is -0.397 e. The van der Waals surface area contributed by atoms with Crippen molar-refractivity contribution >= 4 is 11.6 Å². The van der Waals surface area contributed by atoms with Crippen LogP contribution in [0.25, 0.3) is 0 Å². The van der Waals surface area contributed by atoms with E-state index in [1.54, 1.807) is 12.3 Å². The molecule has 1 unspecified atom stereocenters. The molecule has 0 spiro atoms. The quantitative estimate of drug-likeness (QED) is 0.681. The summed E-state index contributed by atoms with van der Waals surface area (Å²) in [7, 11) is 0. The van der Waals surface area contributed by atoms with E-state index in [1.165, 1.54) is 0 Å². The van der Waals surface area contributed by atoms with Crippen LogP contribution in [-0.2, 0) is 0 Å². The van der Waals surface area contributed by atoms with Gasteiger partial charge in [0.15, 0.2) is 0 Å². The van der Waals surface area contributed by atoms with Crippen molar-refractivity contribution in [2.75, 3.05) is 5.73 Å². The van der Waals surface area contributed by atoms with Gasteiger partial charge in [-0.15, -0.1) is 0 Å². The van der Waals surface area contributed by atoms with Crippen LogP contribution in [0.3, 0.4) is 0 Å². The number of rotatable bonds is 3. The Hall–Kier alpha value is -1.45. The number of aromatic nitrogens is 1. The van der Waals surface area contributed by atoms with E-state index >= 15 is 0 Å². The lowest BCUT2D eigenvalue weighted by atomic mass is 10.1. The summed E-state index contributed by atoms with van der Waals surface area (Å²) >= 11 is 0. The molecule has 0 aliphatic carbocycles. The first-order valence-electron chi connectivity index (χ1n) is 4.75. The fourth-order valence-corrected chi connectivity index (χ4v) is 0.993. The SMILES string of the molecule is CC(C)C(C)NC(=O)c1cc(N)c[nH]1. The van der Waals surface area contributed by atoms with E-state index in [2.05, 4.69) is 24.1 Å². The van der Waals surface area contributed by atoms with Crippen molar-refractivity contribution < 1.29 is 4.79 Å². The molecule has 1 rings (SSSR count). The highest BCUT2D eigenvalue weighted by atomic mass is 16.1. The topological polar surface area (TPSA) is 70.9 Å². The van der Waals surface area contributed by atoms with Gasteiger partial charge in [-0.1, -0.05) is 13.8 Å². The Morgan fingerprint density at radius 2 is 2.14 bits per heavy atom. The number of aromatic amines is 1. The molecular weight excluding hydrogens is 178 g/mol. The van der Waals surface area contributed by atoms with Crippen LogP contribution in [-0.4, -0.2) is 16.9 Å². The molecule has 4 nitrogen and oxygen atoms in total. The lowest BCUT2D eigenvalue weighted by Gasteiger charge is -2.16. The number of H-pyrrole nitrogens is 1. The maximum Gasteiger partial charge on any atom is 0.267 e. The molecule has 0 fully saturated rings. The molecule has 0 saturated heterocycles. The van der Waals surface area contributed by atoms with Gasteiger partial charge >= 0.3 is 0 Å². The fourth-order valence-electron chi connectivity index (χ4n) is 0.993. The molecule has 1 heterocycles. The number of carbonyl (C=O) groups excluding carboxylic acids is 1. The van der Waals surface area contributed by atoms with Crippen molar-refractivity contribution in [1.29, 1.82) is 0 Å². The van der Waals surface area contributed by atoms with Crippen LogP contribution in [0.2, 0.25) is 0 Å². The van der Waals surface area contributed by atoms with Gasteiger partial charge in [0.05, 0.1) is 0 Å². The number of nitrogen functional groups attached to an aromatic ring is 1. The van der Waals surface area contributed by atoms with Crippen LogP contribution in [0.1, 0.15) is 31.3 Å². The van der Waals surface area contributed by atoms with Crippen LogP contribution in [0.15, 0.2) is 12.3 Å². The van der Waals surface area contributed by atoms with Crippen LogP contribution < -0.4 is 11.1 Å². The predicted molar refractivity (Wildman–Crippen MR) is 57.0 cm³/mol. The maximum absolute atomic E-state index is 11.6. The summed E-state index contributed by atoms with van der Waals surface area (Å²) in [6.07, 6.45) is 1.61. The fraction of sp³-hybridized carbons (Fsp3) is 0.500. The summed E-state index contributed by atoms with van der Waals surface area (Å²) < 4.78 is 0. The van der Waals surface area contributed by atoms with Gasteiger partial charge in [0.2, 0.25) is 0 Å². The molecule has 0 saturated carbocycles. The molecule has 0 bridgehead atoms. The zero-order valence-electron chi connectivity index (χ0n) is 8.79. The Balaban J connectivity index is 2.59.